The van der Waals surface area contributed by atoms with E-state index in [1.54, 1.807) is 0 Å². The summed E-state index contributed by atoms with van der Waals surface area (Å²) in [4.78, 5) is 2.37. The third-order valence-electron chi connectivity index (χ3n) is 4.75. The summed E-state index contributed by atoms with van der Waals surface area (Å²) in [6, 6.07) is 0.705. The average molecular weight is 271 g/mol. The van der Waals surface area contributed by atoms with Crippen molar-refractivity contribution in [2.45, 2.75) is 56.1 Å². The molecule has 3 rings (SSSR count). The fourth-order valence-corrected chi connectivity index (χ4v) is 3.53. The van der Waals surface area contributed by atoms with Crippen LogP contribution in [0.25, 0.3) is 0 Å². The number of nitrogens with zero attached hydrogens (tertiary/aromatic N) is 1. The Morgan fingerprint density at radius 2 is 1.79 bits per heavy atom. The summed E-state index contributed by atoms with van der Waals surface area (Å²) in [5, 5.41) is 10.8. The smallest absolute Gasteiger partial charge is 0.157 e. The van der Waals surface area contributed by atoms with Gasteiger partial charge in [0.1, 0.15) is 0 Å². The van der Waals surface area contributed by atoms with Gasteiger partial charge in [-0.25, -0.2) is 0 Å². The fourth-order valence-electron chi connectivity index (χ4n) is 3.53. The van der Waals surface area contributed by atoms with Crippen LogP contribution in [0.4, 0.5) is 0 Å². The molecule has 3 saturated heterocycles. The first-order valence-corrected chi connectivity index (χ1v) is 7.42. The lowest BCUT2D eigenvalue weighted by molar-refractivity contribution is -0.193. The van der Waals surface area contributed by atoms with Crippen molar-refractivity contribution in [3.05, 3.63) is 0 Å². The standard InChI is InChI=1S/C14H25NO4/c1-15-11-7-14(16,8-12(15)10-17-9-11)4-3-13-18-5-2-6-19-13/h11-13,16H,2-10H2,1H3. The van der Waals surface area contributed by atoms with Gasteiger partial charge in [0.05, 0.1) is 32.0 Å². The zero-order valence-corrected chi connectivity index (χ0v) is 11.7. The molecule has 3 fully saturated rings. The molecule has 19 heavy (non-hydrogen) atoms. The van der Waals surface area contributed by atoms with E-state index in [4.69, 9.17) is 14.2 Å². The van der Waals surface area contributed by atoms with Crippen LogP contribution in [0.1, 0.15) is 32.1 Å². The Morgan fingerprint density at radius 1 is 1.16 bits per heavy atom. The van der Waals surface area contributed by atoms with E-state index in [0.29, 0.717) is 12.1 Å². The zero-order valence-electron chi connectivity index (χ0n) is 11.7. The van der Waals surface area contributed by atoms with Crippen molar-refractivity contribution < 1.29 is 19.3 Å². The Balaban J connectivity index is 1.54. The van der Waals surface area contributed by atoms with Crippen LogP contribution >= 0.6 is 0 Å². The zero-order chi connectivity index (χ0) is 13.3. The molecule has 2 unspecified atom stereocenters. The van der Waals surface area contributed by atoms with Crippen molar-refractivity contribution in [3.63, 3.8) is 0 Å². The molecule has 5 heteroatoms. The summed E-state index contributed by atoms with van der Waals surface area (Å²) < 4.78 is 16.7. The average Bonchev–Trinajstić information content (AvgIpc) is 2.40. The second-order valence-corrected chi connectivity index (χ2v) is 6.21. The van der Waals surface area contributed by atoms with E-state index < -0.39 is 5.60 Å². The van der Waals surface area contributed by atoms with Crippen molar-refractivity contribution in [2.75, 3.05) is 33.5 Å². The molecule has 110 valence electrons. The molecule has 0 aliphatic carbocycles. The monoisotopic (exact) mass is 271 g/mol. The quantitative estimate of drug-likeness (QED) is 0.821. The largest absolute Gasteiger partial charge is 0.390 e. The maximum Gasteiger partial charge on any atom is 0.157 e. The molecule has 3 heterocycles. The topological polar surface area (TPSA) is 51.2 Å². The predicted octanol–water partition coefficient (Wildman–Crippen LogP) is 0.754. The van der Waals surface area contributed by atoms with Crippen molar-refractivity contribution in [2.24, 2.45) is 0 Å². The Kier molecular flexibility index (Phi) is 4.10. The highest BCUT2D eigenvalue weighted by Gasteiger charge is 2.44. The highest BCUT2D eigenvalue weighted by atomic mass is 16.7. The number of morpholine rings is 1. The van der Waals surface area contributed by atoms with Crippen LogP contribution in [0.15, 0.2) is 0 Å². The summed E-state index contributed by atoms with van der Waals surface area (Å²) >= 11 is 0. The van der Waals surface area contributed by atoms with Crippen molar-refractivity contribution in [1.29, 1.82) is 0 Å². The van der Waals surface area contributed by atoms with Crippen LogP contribution in [0.5, 0.6) is 0 Å². The van der Waals surface area contributed by atoms with Gasteiger partial charge in [-0.15, -0.1) is 0 Å². The molecule has 5 nitrogen and oxygen atoms in total. The fraction of sp³-hybridized carbons (Fsp3) is 1.00. The third-order valence-corrected chi connectivity index (χ3v) is 4.75. The molecule has 0 radical (unpaired) electrons. The van der Waals surface area contributed by atoms with Crippen molar-refractivity contribution >= 4 is 0 Å². The van der Waals surface area contributed by atoms with Gasteiger partial charge in [0.15, 0.2) is 6.29 Å². The second-order valence-electron chi connectivity index (χ2n) is 6.21. The van der Waals surface area contributed by atoms with E-state index in [0.717, 1.165) is 58.5 Å². The first-order valence-electron chi connectivity index (χ1n) is 7.42. The van der Waals surface area contributed by atoms with Gasteiger partial charge < -0.3 is 19.3 Å². The number of rotatable bonds is 3. The number of hydrogen-bond donors (Lipinski definition) is 1. The number of aliphatic hydroxyl groups is 1. The number of piperidine rings is 1. The molecular weight excluding hydrogens is 246 g/mol. The van der Waals surface area contributed by atoms with Crippen LogP contribution < -0.4 is 0 Å². The minimum absolute atomic E-state index is 0.117. The van der Waals surface area contributed by atoms with Crippen molar-refractivity contribution in [1.82, 2.24) is 4.90 Å². The van der Waals surface area contributed by atoms with Gasteiger partial charge >= 0.3 is 0 Å². The first-order chi connectivity index (χ1) is 9.16. The predicted molar refractivity (Wildman–Crippen MR) is 69.9 cm³/mol. The van der Waals surface area contributed by atoms with Crippen molar-refractivity contribution in [3.8, 4) is 0 Å². The molecule has 0 spiro atoms. The van der Waals surface area contributed by atoms with E-state index in [1.165, 1.54) is 0 Å². The van der Waals surface area contributed by atoms with Gasteiger partial charge in [-0.1, -0.05) is 0 Å². The molecule has 0 aromatic rings. The van der Waals surface area contributed by atoms with Crippen LogP contribution in [0, 0.1) is 0 Å². The highest BCUT2D eigenvalue weighted by molar-refractivity contribution is 4.98. The number of hydrogen-bond acceptors (Lipinski definition) is 5. The van der Waals surface area contributed by atoms with Gasteiger partial charge in [0.2, 0.25) is 0 Å². The van der Waals surface area contributed by atoms with E-state index in [-0.39, 0.29) is 6.29 Å². The summed E-state index contributed by atoms with van der Waals surface area (Å²) in [7, 11) is 2.14. The molecule has 1 N–H and O–H groups in total. The summed E-state index contributed by atoms with van der Waals surface area (Å²) in [5.74, 6) is 0. The molecule has 3 aliphatic heterocycles. The summed E-state index contributed by atoms with van der Waals surface area (Å²) in [6.07, 6.45) is 4.01. The minimum atomic E-state index is -0.574. The van der Waals surface area contributed by atoms with E-state index in [1.807, 2.05) is 0 Å². The van der Waals surface area contributed by atoms with Crippen LogP contribution in [-0.2, 0) is 14.2 Å². The van der Waals surface area contributed by atoms with Gasteiger partial charge in [-0.05, 0) is 32.7 Å². The van der Waals surface area contributed by atoms with Crippen LogP contribution in [0.2, 0.25) is 0 Å². The normalized spacial score (nSPS) is 41.4. The maximum atomic E-state index is 10.8. The maximum absolute atomic E-state index is 10.8. The summed E-state index contributed by atoms with van der Waals surface area (Å²) in [5.41, 5.74) is -0.574. The van der Waals surface area contributed by atoms with Crippen LogP contribution in [0.3, 0.4) is 0 Å². The number of fused-ring (bicyclic) bond motifs is 2. The summed E-state index contributed by atoms with van der Waals surface area (Å²) in [6.45, 7) is 3.05. The lowest BCUT2D eigenvalue weighted by Crippen LogP contribution is -2.60. The Morgan fingerprint density at radius 3 is 2.42 bits per heavy atom. The molecule has 2 atom stereocenters. The second kappa shape index (κ2) is 5.66. The number of likely N-dealkylation sites (N-methyl/N-ethyl adjacent to an activating group) is 1. The molecule has 0 saturated carbocycles. The van der Waals surface area contributed by atoms with Gasteiger partial charge in [0, 0.05) is 18.5 Å². The minimum Gasteiger partial charge on any atom is -0.390 e. The van der Waals surface area contributed by atoms with Gasteiger partial charge in [-0.2, -0.15) is 0 Å². The lowest BCUT2D eigenvalue weighted by Gasteiger charge is -2.50. The van der Waals surface area contributed by atoms with Crippen LogP contribution in [-0.4, -0.2) is 67.5 Å². The molecule has 0 aromatic carbocycles. The Hall–Kier alpha value is -0.200. The molecular formula is C14H25NO4. The highest BCUT2D eigenvalue weighted by Crippen LogP contribution is 2.36. The molecule has 2 bridgehead atoms. The molecule has 0 amide bonds. The molecule has 0 aromatic heterocycles. The Bertz CT molecular complexity index is 292. The Labute approximate surface area is 114 Å². The number of ether oxygens (including phenoxy) is 3. The van der Waals surface area contributed by atoms with Gasteiger partial charge in [-0.3, -0.25) is 4.90 Å². The van der Waals surface area contributed by atoms with Gasteiger partial charge in [0.25, 0.3) is 0 Å². The third kappa shape index (κ3) is 3.11. The van der Waals surface area contributed by atoms with E-state index in [9.17, 15) is 5.11 Å². The lowest BCUT2D eigenvalue weighted by atomic mass is 9.79. The first kappa shape index (κ1) is 13.8. The SMILES string of the molecule is CN1C2COCC1CC(O)(CCC1OCCCO1)C2. The van der Waals surface area contributed by atoms with E-state index >= 15 is 0 Å². The molecule has 3 aliphatic rings. The van der Waals surface area contributed by atoms with E-state index in [2.05, 4.69) is 11.9 Å².